The number of esters is 1. The molecule has 0 radical (unpaired) electrons. The number of nitrogens with zero attached hydrogens (tertiary/aromatic N) is 1. The monoisotopic (exact) mass is 211 g/mol. The van der Waals surface area contributed by atoms with Gasteiger partial charge >= 0.3 is 35.5 Å². The predicted molar refractivity (Wildman–Crippen MR) is 45.2 cm³/mol. The van der Waals surface area contributed by atoms with Gasteiger partial charge in [-0.05, 0) is 19.1 Å². The number of rotatable bonds is 3. The number of carbonyl (C=O) groups excluding carboxylic acids is 1. The summed E-state index contributed by atoms with van der Waals surface area (Å²) in [6, 6.07) is 0. The van der Waals surface area contributed by atoms with Crippen LogP contribution in [0, 0.1) is 4.77 Å². The van der Waals surface area contributed by atoms with E-state index in [4.69, 9.17) is 17.0 Å². The summed E-state index contributed by atoms with van der Waals surface area (Å²) in [6.07, 6.45) is 0.126. The molecule has 0 saturated carbocycles. The molecule has 2 N–H and O–H groups in total. The van der Waals surface area contributed by atoms with Crippen molar-refractivity contribution in [3.63, 3.8) is 0 Å². The minimum atomic E-state index is -0.310. The van der Waals surface area contributed by atoms with Gasteiger partial charge in [-0.2, -0.15) is 0 Å². The average molecular weight is 211 g/mol. The van der Waals surface area contributed by atoms with Gasteiger partial charge in [0.25, 0.3) is 0 Å². The minimum Gasteiger partial charge on any atom is -1.00 e. The Bertz CT molecular complexity index is 327. The third-order valence-corrected chi connectivity index (χ3v) is 1.36. The molecule has 0 aromatic carbocycles. The molecule has 0 aliphatic rings. The first-order valence-electron chi connectivity index (χ1n) is 3.51. The zero-order chi connectivity index (χ0) is 8.97. The van der Waals surface area contributed by atoms with Crippen molar-refractivity contribution >= 4 is 18.2 Å². The molecule has 0 aliphatic carbocycles. The average Bonchev–Trinajstić information content (AvgIpc) is 2.36. The molecule has 1 aromatic rings. The van der Waals surface area contributed by atoms with E-state index >= 15 is 0 Å². The number of aromatic nitrogens is 3. The molecule has 0 amide bonds. The van der Waals surface area contributed by atoms with Crippen LogP contribution in [-0.4, -0.2) is 27.8 Å². The zero-order valence-corrected chi connectivity index (χ0v) is 10.4. The van der Waals surface area contributed by atoms with Gasteiger partial charge in [0.15, 0.2) is 0 Å². The Kier molecular flexibility index (Phi) is 6.23. The van der Waals surface area contributed by atoms with E-state index in [-0.39, 0.29) is 43.4 Å². The van der Waals surface area contributed by atoms with Crippen LogP contribution in [0.3, 0.4) is 0 Å². The molecule has 7 heteroatoms. The molecular formula is C6H10N3NaO2S. The summed E-state index contributed by atoms with van der Waals surface area (Å²) in [6.45, 7) is 2.13. The smallest absolute Gasteiger partial charge is 1.00 e. The van der Waals surface area contributed by atoms with Crippen LogP contribution in [0.5, 0.6) is 0 Å². The van der Waals surface area contributed by atoms with Gasteiger partial charge in [0.2, 0.25) is 4.77 Å². The number of hydrogen-bond acceptors (Lipinski definition) is 4. The van der Waals surface area contributed by atoms with E-state index in [0.717, 1.165) is 0 Å². The van der Waals surface area contributed by atoms with Crippen LogP contribution >= 0.6 is 12.2 Å². The van der Waals surface area contributed by atoms with Gasteiger partial charge in [-0.1, -0.05) is 0 Å². The molecule has 5 nitrogen and oxygen atoms in total. The second-order valence-electron chi connectivity index (χ2n) is 2.10. The molecule has 1 heterocycles. The van der Waals surface area contributed by atoms with E-state index in [1.807, 2.05) is 0 Å². The number of ether oxygens (including phenoxy) is 1. The topological polar surface area (TPSA) is 70.8 Å². The third-order valence-electron chi connectivity index (χ3n) is 1.17. The number of nitrogens with one attached hydrogen (secondary N) is 2. The summed E-state index contributed by atoms with van der Waals surface area (Å²) in [5.41, 5.74) is 0. The number of carbonyl (C=O) groups is 1. The SMILES string of the molecule is CCOC(=O)Cc1nc(=S)[nH][nH]1.[H-].[Na+]. The van der Waals surface area contributed by atoms with Crippen molar-refractivity contribution in [2.24, 2.45) is 0 Å². The Labute approximate surface area is 104 Å². The van der Waals surface area contributed by atoms with Crippen molar-refractivity contribution in [1.82, 2.24) is 15.2 Å². The molecule has 0 saturated heterocycles. The number of aromatic amines is 2. The van der Waals surface area contributed by atoms with Gasteiger partial charge < -0.3 is 6.16 Å². The largest absolute Gasteiger partial charge is 1.00 e. The molecule has 13 heavy (non-hydrogen) atoms. The van der Waals surface area contributed by atoms with Gasteiger partial charge in [0.1, 0.15) is 12.2 Å². The summed E-state index contributed by atoms with van der Waals surface area (Å²) in [5, 5.41) is 5.24. The molecule has 0 aliphatic heterocycles. The Hall–Kier alpha value is -0.170. The Morgan fingerprint density at radius 2 is 2.38 bits per heavy atom. The third kappa shape index (κ3) is 4.56. The molecule has 1 aromatic heterocycles. The van der Waals surface area contributed by atoms with Crippen LogP contribution in [0.25, 0.3) is 0 Å². The fourth-order valence-corrected chi connectivity index (χ4v) is 0.898. The van der Waals surface area contributed by atoms with Crippen molar-refractivity contribution in [2.75, 3.05) is 6.61 Å². The van der Waals surface area contributed by atoms with Gasteiger partial charge in [0, 0.05) is 0 Å². The first kappa shape index (κ1) is 12.8. The number of H-pyrrole nitrogens is 2. The summed E-state index contributed by atoms with van der Waals surface area (Å²) in [5.74, 6) is 0.189. The zero-order valence-electron chi connectivity index (χ0n) is 8.59. The quantitative estimate of drug-likeness (QED) is 0.335. The van der Waals surface area contributed by atoms with E-state index < -0.39 is 0 Å². The van der Waals surface area contributed by atoms with Crippen LogP contribution in [0.15, 0.2) is 0 Å². The second kappa shape index (κ2) is 6.31. The van der Waals surface area contributed by atoms with Crippen LogP contribution in [0.1, 0.15) is 14.2 Å². The number of hydrogen-bond donors (Lipinski definition) is 2. The van der Waals surface area contributed by atoms with E-state index in [1.165, 1.54) is 0 Å². The van der Waals surface area contributed by atoms with E-state index in [1.54, 1.807) is 6.92 Å². The van der Waals surface area contributed by atoms with Gasteiger partial charge in [-0.15, -0.1) is 0 Å². The van der Waals surface area contributed by atoms with Crippen molar-refractivity contribution in [1.29, 1.82) is 0 Å². The first-order chi connectivity index (χ1) is 5.72. The fraction of sp³-hybridized carbons (Fsp3) is 0.500. The Morgan fingerprint density at radius 3 is 2.85 bits per heavy atom. The standard InChI is InChI=1S/C6H9N3O2S.Na.H/c1-2-11-5(10)3-4-7-6(12)9-8-4;;/h2-3H2,1H3,(H2,7,8,9,12);;/q;+1;-1. The summed E-state index contributed by atoms with van der Waals surface area (Å²) in [7, 11) is 0. The van der Waals surface area contributed by atoms with Gasteiger partial charge in [-0.3, -0.25) is 15.0 Å². The van der Waals surface area contributed by atoms with Crippen LogP contribution < -0.4 is 29.6 Å². The maximum atomic E-state index is 10.9. The molecule has 0 unspecified atom stereocenters. The first-order valence-corrected chi connectivity index (χ1v) is 3.92. The summed E-state index contributed by atoms with van der Waals surface area (Å²) < 4.78 is 5.05. The second-order valence-corrected chi connectivity index (χ2v) is 2.48. The minimum absolute atomic E-state index is 0. The van der Waals surface area contributed by atoms with Crippen LogP contribution in [0.2, 0.25) is 0 Å². The molecular weight excluding hydrogens is 201 g/mol. The molecule has 68 valence electrons. The van der Waals surface area contributed by atoms with Gasteiger partial charge in [-0.25, -0.2) is 4.98 Å². The van der Waals surface area contributed by atoms with Crippen molar-refractivity contribution in [3.05, 3.63) is 10.6 Å². The molecule has 1 rings (SSSR count). The molecule has 0 spiro atoms. The molecule has 0 fully saturated rings. The normalized spacial score (nSPS) is 9.00. The predicted octanol–water partition coefficient (Wildman–Crippen LogP) is -2.31. The Balaban J connectivity index is 0. The van der Waals surface area contributed by atoms with Crippen molar-refractivity contribution in [2.45, 2.75) is 13.3 Å². The van der Waals surface area contributed by atoms with Crippen LogP contribution in [-0.2, 0) is 16.0 Å². The van der Waals surface area contributed by atoms with E-state index in [2.05, 4.69) is 15.2 Å². The Morgan fingerprint density at radius 1 is 1.69 bits per heavy atom. The maximum Gasteiger partial charge on any atom is 1.00 e. The van der Waals surface area contributed by atoms with E-state index in [9.17, 15) is 4.79 Å². The molecule has 0 bridgehead atoms. The van der Waals surface area contributed by atoms with Crippen LogP contribution in [0.4, 0.5) is 0 Å². The van der Waals surface area contributed by atoms with E-state index in [0.29, 0.717) is 17.2 Å². The summed E-state index contributed by atoms with van der Waals surface area (Å²) >= 11 is 4.70. The fourth-order valence-electron chi connectivity index (χ4n) is 0.737. The maximum absolute atomic E-state index is 10.9. The van der Waals surface area contributed by atoms with Crippen molar-refractivity contribution in [3.8, 4) is 0 Å². The summed E-state index contributed by atoms with van der Waals surface area (Å²) in [4.78, 5) is 14.7. The van der Waals surface area contributed by atoms with Gasteiger partial charge in [0.05, 0.1) is 6.61 Å². The van der Waals surface area contributed by atoms with Crippen molar-refractivity contribution < 1.29 is 40.5 Å². The molecule has 0 atom stereocenters.